The number of aliphatic hydroxyl groups excluding tert-OH is 1. The second-order valence-electron chi connectivity index (χ2n) is 3.89. The number of hydrogen-bond donors (Lipinski definition) is 3. The molecular formula is C9H12N2O3. The van der Waals surface area contributed by atoms with Gasteiger partial charge in [0, 0.05) is 5.69 Å². The summed E-state index contributed by atoms with van der Waals surface area (Å²) in [4.78, 5) is 11.1. The SMILES string of the molecule is Cc1cc(C2(C(=O)O)CC(O)C2)n[nH]1. The molecule has 14 heavy (non-hydrogen) atoms. The van der Waals surface area contributed by atoms with E-state index in [0.717, 1.165) is 5.69 Å². The number of carboxylic acids is 1. The summed E-state index contributed by atoms with van der Waals surface area (Å²) in [7, 11) is 0. The molecule has 0 atom stereocenters. The average molecular weight is 196 g/mol. The van der Waals surface area contributed by atoms with E-state index in [4.69, 9.17) is 5.11 Å². The first-order valence-electron chi connectivity index (χ1n) is 4.48. The highest BCUT2D eigenvalue weighted by Crippen LogP contribution is 2.43. The Balaban J connectivity index is 2.34. The summed E-state index contributed by atoms with van der Waals surface area (Å²) in [6.07, 6.45) is 0.00214. The van der Waals surface area contributed by atoms with Crippen molar-refractivity contribution in [1.29, 1.82) is 0 Å². The monoisotopic (exact) mass is 196 g/mol. The third kappa shape index (κ3) is 1.13. The van der Waals surface area contributed by atoms with Gasteiger partial charge in [-0.15, -0.1) is 0 Å². The van der Waals surface area contributed by atoms with E-state index in [0.29, 0.717) is 5.69 Å². The van der Waals surface area contributed by atoms with Crippen molar-refractivity contribution in [3.05, 3.63) is 17.5 Å². The number of hydrogen-bond acceptors (Lipinski definition) is 3. The maximum Gasteiger partial charge on any atom is 0.316 e. The van der Waals surface area contributed by atoms with Crippen LogP contribution in [0.25, 0.3) is 0 Å². The summed E-state index contributed by atoms with van der Waals surface area (Å²) >= 11 is 0. The molecule has 0 radical (unpaired) electrons. The molecule has 0 aliphatic heterocycles. The Hall–Kier alpha value is -1.36. The minimum atomic E-state index is -0.968. The zero-order valence-electron chi connectivity index (χ0n) is 7.82. The van der Waals surface area contributed by atoms with Crippen molar-refractivity contribution in [3.63, 3.8) is 0 Å². The molecule has 0 bridgehead atoms. The second kappa shape index (κ2) is 2.81. The van der Waals surface area contributed by atoms with Crippen molar-refractivity contribution in [1.82, 2.24) is 10.2 Å². The number of aromatic nitrogens is 2. The van der Waals surface area contributed by atoms with Crippen molar-refractivity contribution in [2.24, 2.45) is 0 Å². The molecule has 1 aromatic heterocycles. The molecule has 5 heteroatoms. The number of nitrogens with one attached hydrogen (secondary N) is 1. The van der Waals surface area contributed by atoms with Gasteiger partial charge in [0.05, 0.1) is 11.8 Å². The summed E-state index contributed by atoms with van der Waals surface area (Å²) in [5.74, 6) is -0.908. The van der Waals surface area contributed by atoms with Crippen molar-refractivity contribution in [2.75, 3.05) is 0 Å². The number of aliphatic hydroxyl groups is 1. The summed E-state index contributed by atoms with van der Waals surface area (Å²) in [6, 6.07) is 1.72. The Bertz CT molecular complexity index is 366. The van der Waals surface area contributed by atoms with Crippen LogP contribution in [-0.4, -0.2) is 32.5 Å². The van der Waals surface area contributed by atoms with Crippen LogP contribution >= 0.6 is 0 Å². The molecule has 3 N–H and O–H groups in total. The largest absolute Gasteiger partial charge is 0.481 e. The van der Waals surface area contributed by atoms with Gasteiger partial charge in [-0.25, -0.2) is 0 Å². The Kier molecular flexibility index (Phi) is 1.85. The molecular weight excluding hydrogens is 184 g/mol. The van der Waals surface area contributed by atoms with Gasteiger partial charge in [0.1, 0.15) is 5.41 Å². The lowest BCUT2D eigenvalue weighted by Crippen LogP contribution is -2.50. The van der Waals surface area contributed by atoms with Gasteiger partial charge in [-0.3, -0.25) is 9.89 Å². The molecule has 0 aromatic carbocycles. The lowest BCUT2D eigenvalue weighted by Gasteiger charge is -2.40. The number of carboxylic acid groups (broad SMARTS) is 1. The van der Waals surface area contributed by atoms with Crippen LogP contribution in [0.1, 0.15) is 24.2 Å². The van der Waals surface area contributed by atoms with Gasteiger partial charge < -0.3 is 10.2 Å². The highest BCUT2D eigenvalue weighted by Gasteiger charge is 2.53. The normalized spacial score (nSPS) is 31.1. The molecule has 0 amide bonds. The van der Waals surface area contributed by atoms with E-state index in [2.05, 4.69) is 10.2 Å². The summed E-state index contributed by atoms with van der Waals surface area (Å²) in [5, 5.41) is 25.0. The van der Waals surface area contributed by atoms with Gasteiger partial charge in [0.2, 0.25) is 0 Å². The smallest absolute Gasteiger partial charge is 0.316 e. The molecule has 0 unspecified atom stereocenters. The molecule has 1 aromatic rings. The van der Waals surface area contributed by atoms with Gasteiger partial charge in [-0.1, -0.05) is 0 Å². The van der Waals surface area contributed by atoms with Crippen LogP contribution < -0.4 is 0 Å². The Morgan fingerprint density at radius 1 is 1.71 bits per heavy atom. The topological polar surface area (TPSA) is 86.2 Å². The Morgan fingerprint density at radius 3 is 2.71 bits per heavy atom. The highest BCUT2D eigenvalue weighted by atomic mass is 16.4. The molecule has 1 fully saturated rings. The van der Waals surface area contributed by atoms with Crippen molar-refractivity contribution >= 4 is 5.97 Å². The highest BCUT2D eigenvalue weighted by molar-refractivity contribution is 5.82. The zero-order chi connectivity index (χ0) is 10.3. The molecule has 1 saturated carbocycles. The first kappa shape index (κ1) is 9.21. The van der Waals surface area contributed by atoms with E-state index in [1.54, 1.807) is 6.07 Å². The predicted molar refractivity (Wildman–Crippen MR) is 47.9 cm³/mol. The van der Waals surface area contributed by atoms with Gasteiger partial charge in [0.15, 0.2) is 0 Å². The third-order valence-corrected chi connectivity index (χ3v) is 2.77. The number of carbonyl (C=O) groups is 1. The molecule has 76 valence electrons. The zero-order valence-corrected chi connectivity index (χ0v) is 7.82. The summed E-state index contributed by atoms with van der Waals surface area (Å²) < 4.78 is 0. The van der Waals surface area contributed by atoms with E-state index in [1.165, 1.54) is 0 Å². The maximum absolute atomic E-state index is 11.1. The van der Waals surface area contributed by atoms with Crippen LogP contribution in [0.2, 0.25) is 0 Å². The molecule has 5 nitrogen and oxygen atoms in total. The number of aryl methyl sites for hydroxylation is 1. The van der Waals surface area contributed by atoms with Gasteiger partial charge in [0.25, 0.3) is 0 Å². The van der Waals surface area contributed by atoms with Crippen LogP contribution in [-0.2, 0) is 10.2 Å². The number of H-pyrrole nitrogens is 1. The van der Waals surface area contributed by atoms with Gasteiger partial charge >= 0.3 is 5.97 Å². The summed E-state index contributed by atoms with van der Waals surface area (Å²) in [6.45, 7) is 1.82. The fourth-order valence-electron chi connectivity index (χ4n) is 1.90. The standard InChI is InChI=1S/C9H12N2O3/c1-5-2-7(11-10-5)9(8(13)14)3-6(12)4-9/h2,6,12H,3-4H2,1H3,(H,10,11)(H,13,14). The second-order valence-corrected chi connectivity index (χ2v) is 3.89. The molecule has 2 rings (SSSR count). The summed E-state index contributed by atoms with van der Waals surface area (Å²) in [5.41, 5.74) is 0.388. The average Bonchev–Trinajstić information content (AvgIpc) is 2.45. The molecule has 1 aliphatic carbocycles. The minimum absolute atomic E-state index is 0.257. The van der Waals surface area contributed by atoms with Crippen LogP contribution in [0, 0.1) is 6.92 Å². The number of aliphatic carboxylic acids is 1. The molecule has 0 saturated heterocycles. The first-order valence-corrected chi connectivity index (χ1v) is 4.48. The molecule has 1 heterocycles. The predicted octanol–water partition coefficient (Wildman–Crippen LogP) is 0.195. The molecule has 1 aliphatic rings. The number of aromatic amines is 1. The minimum Gasteiger partial charge on any atom is -0.481 e. The maximum atomic E-state index is 11.1. The fraction of sp³-hybridized carbons (Fsp3) is 0.556. The molecule has 0 spiro atoms. The first-order chi connectivity index (χ1) is 6.54. The van der Waals surface area contributed by atoms with Crippen LogP contribution in [0.15, 0.2) is 6.07 Å². The van der Waals surface area contributed by atoms with Crippen LogP contribution in [0.5, 0.6) is 0 Å². The van der Waals surface area contributed by atoms with Crippen molar-refractivity contribution in [3.8, 4) is 0 Å². The Morgan fingerprint density at radius 2 is 2.36 bits per heavy atom. The third-order valence-electron chi connectivity index (χ3n) is 2.77. The Labute approximate surface area is 80.8 Å². The number of rotatable bonds is 2. The quantitative estimate of drug-likeness (QED) is 0.630. The lowest BCUT2D eigenvalue weighted by atomic mass is 9.65. The lowest BCUT2D eigenvalue weighted by molar-refractivity contribution is -0.153. The van der Waals surface area contributed by atoms with Crippen LogP contribution in [0.3, 0.4) is 0 Å². The van der Waals surface area contributed by atoms with Crippen molar-refractivity contribution in [2.45, 2.75) is 31.3 Å². The van der Waals surface area contributed by atoms with E-state index < -0.39 is 17.5 Å². The van der Waals surface area contributed by atoms with E-state index >= 15 is 0 Å². The van der Waals surface area contributed by atoms with E-state index in [9.17, 15) is 9.90 Å². The van der Waals surface area contributed by atoms with Crippen molar-refractivity contribution < 1.29 is 15.0 Å². The van der Waals surface area contributed by atoms with Crippen LogP contribution in [0.4, 0.5) is 0 Å². The fourth-order valence-corrected chi connectivity index (χ4v) is 1.90. The number of nitrogens with zero attached hydrogens (tertiary/aromatic N) is 1. The van der Waals surface area contributed by atoms with Gasteiger partial charge in [-0.05, 0) is 25.8 Å². The van der Waals surface area contributed by atoms with E-state index in [1.807, 2.05) is 6.92 Å². The van der Waals surface area contributed by atoms with Gasteiger partial charge in [-0.2, -0.15) is 5.10 Å². The van der Waals surface area contributed by atoms with E-state index in [-0.39, 0.29) is 12.8 Å².